The molecule has 3 aliphatic heterocycles. The number of piperidine rings is 1. The number of hydrogen-bond acceptors (Lipinski definition) is 5. The summed E-state index contributed by atoms with van der Waals surface area (Å²) in [7, 11) is -3.69. The Balaban J connectivity index is 1.16. The van der Waals surface area contributed by atoms with Gasteiger partial charge in [0.1, 0.15) is 6.61 Å². The SMILES string of the molecule is Cc1cc(C)c(S(=O)(=O)N2CCCCC2COCC(=O)N2CCn3c(CN4CCCC4)ccc3C2c2ccccc2)c(C)c1. The lowest BCUT2D eigenvalue weighted by molar-refractivity contribution is -0.139. The fraction of sp³-hybridized carbons (Fsp3) is 0.514. The van der Waals surface area contributed by atoms with Gasteiger partial charge in [0.2, 0.25) is 15.9 Å². The van der Waals surface area contributed by atoms with Crippen LogP contribution in [0.25, 0.3) is 0 Å². The van der Waals surface area contributed by atoms with E-state index in [1.807, 2.05) is 56.0 Å². The summed E-state index contributed by atoms with van der Waals surface area (Å²) in [5.74, 6) is -0.0668. The minimum Gasteiger partial charge on any atom is -0.370 e. The summed E-state index contributed by atoms with van der Waals surface area (Å²) in [4.78, 5) is 18.7. The van der Waals surface area contributed by atoms with Gasteiger partial charge in [-0.05, 0) is 88.4 Å². The zero-order valence-electron chi connectivity index (χ0n) is 26.4. The number of carbonyl (C=O) groups is 1. The largest absolute Gasteiger partial charge is 0.370 e. The smallest absolute Gasteiger partial charge is 0.249 e. The molecule has 6 rings (SSSR count). The van der Waals surface area contributed by atoms with E-state index in [4.69, 9.17) is 4.74 Å². The van der Waals surface area contributed by atoms with Gasteiger partial charge in [0.15, 0.2) is 0 Å². The van der Waals surface area contributed by atoms with Crippen LogP contribution < -0.4 is 0 Å². The van der Waals surface area contributed by atoms with E-state index in [1.54, 1.807) is 4.31 Å². The van der Waals surface area contributed by atoms with Crippen molar-refractivity contribution in [2.75, 3.05) is 39.4 Å². The number of hydrogen-bond donors (Lipinski definition) is 0. The van der Waals surface area contributed by atoms with Gasteiger partial charge in [0.25, 0.3) is 0 Å². The molecule has 3 aliphatic rings. The topological polar surface area (TPSA) is 75.1 Å². The molecule has 0 spiro atoms. The van der Waals surface area contributed by atoms with Crippen molar-refractivity contribution >= 4 is 15.9 Å². The maximum atomic E-state index is 13.9. The van der Waals surface area contributed by atoms with Crippen LogP contribution in [-0.4, -0.2) is 78.4 Å². The Kier molecular flexibility index (Phi) is 9.29. The number of rotatable bonds is 9. The lowest BCUT2D eigenvalue weighted by Gasteiger charge is -2.38. The van der Waals surface area contributed by atoms with Gasteiger partial charge in [-0.1, -0.05) is 54.4 Å². The molecule has 0 N–H and O–H groups in total. The third kappa shape index (κ3) is 6.25. The Morgan fingerprint density at radius 1 is 0.864 bits per heavy atom. The number of ether oxygens (including phenoxy) is 1. The van der Waals surface area contributed by atoms with E-state index >= 15 is 0 Å². The van der Waals surface area contributed by atoms with Crippen LogP contribution in [0.1, 0.15) is 71.8 Å². The van der Waals surface area contributed by atoms with Gasteiger partial charge in [-0.3, -0.25) is 9.69 Å². The molecular weight excluding hydrogens is 572 g/mol. The Labute approximate surface area is 262 Å². The predicted octanol–water partition coefficient (Wildman–Crippen LogP) is 5.20. The molecule has 9 heteroatoms. The van der Waals surface area contributed by atoms with Gasteiger partial charge in [-0.2, -0.15) is 4.31 Å². The normalized spacial score (nSPS) is 21.5. The van der Waals surface area contributed by atoms with Crippen molar-refractivity contribution in [3.63, 3.8) is 0 Å². The molecule has 44 heavy (non-hydrogen) atoms. The van der Waals surface area contributed by atoms with Crippen molar-refractivity contribution in [2.24, 2.45) is 0 Å². The molecule has 8 nitrogen and oxygen atoms in total. The molecule has 1 aromatic heterocycles. The summed E-state index contributed by atoms with van der Waals surface area (Å²) in [6, 6.07) is 18.0. The highest BCUT2D eigenvalue weighted by Gasteiger charge is 2.37. The Hall–Kier alpha value is -2.98. The second-order valence-electron chi connectivity index (χ2n) is 12.8. The molecule has 2 atom stereocenters. The van der Waals surface area contributed by atoms with Crippen LogP contribution in [0.5, 0.6) is 0 Å². The van der Waals surface area contributed by atoms with Crippen molar-refractivity contribution in [1.82, 2.24) is 18.7 Å². The van der Waals surface area contributed by atoms with Crippen LogP contribution in [0.3, 0.4) is 0 Å². The van der Waals surface area contributed by atoms with E-state index in [9.17, 15) is 13.2 Å². The first-order valence-corrected chi connectivity index (χ1v) is 17.6. The van der Waals surface area contributed by atoms with E-state index in [1.165, 1.54) is 18.5 Å². The van der Waals surface area contributed by atoms with Crippen LogP contribution in [0.4, 0.5) is 0 Å². The lowest BCUT2D eigenvalue weighted by atomic mass is 10.00. The van der Waals surface area contributed by atoms with Crippen LogP contribution in [0, 0.1) is 20.8 Å². The van der Waals surface area contributed by atoms with Crippen molar-refractivity contribution in [2.45, 2.75) is 82.9 Å². The Bertz CT molecular complexity index is 1560. The number of sulfonamides is 1. The fourth-order valence-electron chi connectivity index (χ4n) is 7.61. The molecule has 0 bridgehead atoms. The van der Waals surface area contributed by atoms with E-state index in [0.29, 0.717) is 18.0 Å². The Morgan fingerprint density at radius 3 is 2.30 bits per heavy atom. The van der Waals surface area contributed by atoms with Gasteiger partial charge in [-0.25, -0.2) is 8.42 Å². The van der Waals surface area contributed by atoms with E-state index in [2.05, 4.69) is 33.7 Å². The van der Waals surface area contributed by atoms with Gasteiger partial charge in [-0.15, -0.1) is 0 Å². The third-order valence-electron chi connectivity index (χ3n) is 9.56. The third-order valence-corrected chi connectivity index (χ3v) is 11.8. The van der Waals surface area contributed by atoms with Gasteiger partial charge in [0.05, 0.1) is 17.5 Å². The number of benzene rings is 2. The number of fused-ring (bicyclic) bond motifs is 1. The van der Waals surface area contributed by atoms with E-state index in [-0.39, 0.29) is 31.2 Å². The maximum absolute atomic E-state index is 13.9. The molecule has 2 saturated heterocycles. The highest BCUT2D eigenvalue weighted by Crippen LogP contribution is 2.35. The number of nitrogens with zero attached hydrogens (tertiary/aromatic N) is 4. The van der Waals surface area contributed by atoms with Crippen LogP contribution in [0.2, 0.25) is 0 Å². The first-order chi connectivity index (χ1) is 21.2. The first kappa shape index (κ1) is 31.0. The average molecular weight is 619 g/mol. The monoisotopic (exact) mass is 618 g/mol. The van der Waals surface area contributed by atoms with Crippen LogP contribution >= 0.6 is 0 Å². The number of aryl methyl sites for hydroxylation is 3. The maximum Gasteiger partial charge on any atom is 0.249 e. The zero-order valence-corrected chi connectivity index (χ0v) is 27.2. The second kappa shape index (κ2) is 13.2. The molecule has 1 amide bonds. The molecule has 236 valence electrons. The van der Waals surface area contributed by atoms with E-state index < -0.39 is 10.0 Å². The number of amides is 1. The highest BCUT2D eigenvalue weighted by molar-refractivity contribution is 7.89. The minimum absolute atomic E-state index is 0.0668. The highest BCUT2D eigenvalue weighted by atomic mass is 32.2. The molecule has 0 saturated carbocycles. The lowest BCUT2D eigenvalue weighted by Crippen LogP contribution is -2.47. The fourth-order valence-corrected chi connectivity index (χ4v) is 9.71. The molecule has 0 radical (unpaired) electrons. The summed E-state index contributed by atoms with van der Waals surface area (Å²) >= 11 is 0. The Morgan fingerprint density at radius 2 is 1.57 bits per heavy atom. The quantitative estimate of drug-likeness (QED) is 0.330. The van der Waals surface area contributed by atoms with Crippen molar-refractivity contribution < 1.29 is 17.9 Å². The van der Waals surface area contributed by atoms with Gasteiger partial charge < -0.3 is 14.2 Å². The van der Waals surface area contributed by atoms with Gasteiger partial charge >= 0.3 is 0 Å². The minimum atomic E-state index is -3.69. The number of carbonyl (C=O) groups excluding carboxylic acids is 1. The molecule has 2 fully saturated rings. The summed E-state index contributed by atoms with van der Waals surface area (Å²) in [6.45, 7) is 10.9. The van der Waals surface area contributed by atoms with Crippen molar-refractivity contribution in [1.29, 1.82) is 0 Å². The predicted molar refractivity (Wildman–Crippen MR) is 172 cm³/mol. The van der Waals surface area contributed by atoms with Crippen LogP contribution in [-0.2, 0) is 32.6 Å². The van der Waals surface area contributed by atoms with Crippen molar-refractivity contribution in [3.8, 4) is 0 Å². The molecule has 2 aromatic carbocycles. The second-order valence-corrected chi connectivity index (χ2v) is 14.6. The summed E-state index contributed by atoms with van der Waals surface area (Å²) in [6.07, 6.45) is 5.01. The summed E-state index contributed by atoms with van der Waals surface area (Å²) < 4.78 is 37.9. The molecule has 2 unspecified atom stereocenters. The molecule has 4 heterocycles. The average Bonchev–Trinajstić information content (AvgIpc) is 3.67. The van der Waals surface area contributed by atoms with Gasteiger partial charge in [0, 0.05) is 43.6 Å². The first-order valence-electron chi connectivity index (χ1n) is 16.2. The van der Waals surface area contributed by atoms with E-state index in [0.717, 1.165) is 73.4 Å². The summed E-state index contributed by atoms with van der Waals surface area (Å²) in [5.41, 5.74) is 6.13. The number of likely N-dealkylation sites (tertiary alicyclic amines) is 1. The zero-order chi connectivity index (χ0) is 30.8. The molecular formula is C35H46N4O4S. The number of aromatic nitrogens is 1. The standard InChI is InChI=1S/C35H46N4O4S/c1-26-21-27(2)35(28(3)22-26)44(41,42)39-18-8-7-13-31(39)24-43-25-33(40)38-20-19-37-30(23-36-16-9-10-17-36)14-15-32(37)34(38)29-11-5-4-6-12-29/h4-6,11-12,14-15,21-22,31,34H,7-10,13,16-20,23-25H2,1-3H3. The molecule has 3 aromatic rings. The van der Waals surface area contributed by atoms with Crippen LogP contribution in [0.15, 0.2) is 59.5 Å². The van der Waals surface area contributed by atoms with Crippen molar-refractivity contribution in [3.05, 3.63) is 88.2 Å². The molecule has 0 aliphatic carbocycles. The summed E-state index contributed by atoms with van der Waals surface area (Å²) in [5, 5.41) is 0.